The number of nitrogens with zero attached hydrogens (tertiary/aromatic N) is 1. The molecular formula is C18H25BrN2. The number of hydrogen-bond acceptors (Lipinski definition) is 1. The molecule has 3 heteroatoms. The zero-order chi connectivity index (χ0) is 15.2. The van der Waals surface area contributed by atoms with Gasteiger partial charge in [0.1, 0.15) is 0 Å². The fourth-order valence-corrected chi connectivity index (χ4v) is 4.33. The molecule has 1 atom stereocenters. The Balaban J connectivity index is 2.14. The molecule has 0 amide bonds. The number of nitrogens with one attached hydrogen (secondary N) is 1. The minimum atomic E-state index is 0.191. The molecule has 2 nitrogen and oxygen atoms in total. The number of hydrogen-bond donors (Lipinski definition) is 1. The Morgan fingerprint density at radius 3 is 2.67 bits per heavy atom. The van der Waals surface area contributed by atoms with Gasteiger partial charge in [-0.15, -0.1) is 0 Å². The largest absolute Gasteiger partial charge is 0.346 e. The molecule has 0 spiro atoms. The normalized spacial score (nSPS) is 20.1. The zero-order valence-electron chi connectivity index (χ0n) is 13.5. The van der Waals surface area contributed by atoms with Gasteiger partial charge >= 0.3 is 0 Å². The molecule has 1 N–H and O–H groups in total. The number of benzene rings is 1. The smallest absolute Gasteiger partial charge is 0.0491 e. The fourth-order valence-electron chi connectivity index (χ4n) is 3.42. The fraction of sp³-hybridized carbons (Fsp3) is 0.556. The standard InChI is InChI=1S/C18H25BrN2/c1-18(2,3)13-7-8-15-14(10-13)16(19)17(21(15)4)12-6-5-9-20-11-12/h7-8,10,12,20H,5-6,9,11H2,1-4H3. The number of piperidine rings is 1. The third-order valence-electron chi connectivity index (χ3n) is 4.73. The Morgan fingerprint density at radius 1 is 1.29 bits per heavy atom. The van der Waals surface area contributed by atoms with Gasteiger partial charge in [-0.05, 0) is 58.4 Å². The molecule has 3 rings (SSSR count). The van der Waals surface area contributed by atoms with Gasteiger partial charge in [0.2, 0.25) is 0 Å². The average Bonchev–Trinajstić information content (AvgIpc) is 2.70. The van der Waals surface area contributed by atoms with E-state index in [2.05, 4.69) is 71.8 Å². The highest BCUT2D eigenvalue weighted by atomic mass is 79.9. The molecule has 1 aliphatic rings. The lowest BCUT2D eigenvalue weighted by Crippen LogP contribution is -2.29. The number of fused-ring (bicyclic) bond motifs is 1. The first kappa shape index (κ1) is 15.1. The molecule has 114 valence electrons. The highest BCUT2D eigenvalue weighted by molar-refractivity contribution is 9.10. The maximum Gasteiger partial charge on any atom is 0.0491 e. The van der Waals surface area contributed by atoms with E-state index < -0.39 is 0 Å². The van der Waals surface area contributed by atoms with Gasteiger partial charge in [-0.25, -0.2) is 0 Å². The molecule has 2 aromatic rings. The number of halogens is 1. The summed E-state index contributed by atoms with van der Waals surface area (Å²) in [6.07, 6.45) is 2.55. The van der Waals surface area contributed by atoms with Crippen molar-refractivity contribution in [2.24, 2.45) is 7.05 Å². The average molecular weight is 349 g/mol. The van der Waals surface area contributed by atoms with Crippen LogP contribution in [-0.4, -0.2) is 17.7 Å². The molecule has 21 heavy (non-hydrogen) atoms. The van der Waals surface area contributed by atoms with E-state index in [4.69, 9.17) is 0 Å². The Kier molecular flexibility index (Phi) is 3.91. The third kappa shape index (κ3) is 2.66. The first-order valence-electron chi connectivity index (χ1n) is 7.88. The second-order valence-electron chi connectivity index (χ2n) is 7.28. The van der Waals surface area contributed by atoms with Crippen molar-refractivity contribution in [3.63, 3.8) is 0 Å². The van der Waals surface area contributed by atoms with Crippen molar-refractivity contribution < 1.29 is 0 Å². The van der Waals surface area contributed by atoms with Crippen LogP contribution in [0.2, 0.25) is 0 Å². The predicted octanol–water partition coefficient (Wildman–Crippen LogP) is 4.71. The van der Waals surface area contributed by atoms with Crippen molar-refractivity contribution in [3.8, 4) is 0 Å². The maximum atomic E-state index is 3.89. The molecule has 1 aromatic carbocycles. The van der Waals surface area contributed by atoms with E-state index >= 15 is 0 Å². The lowest BCUT2D eigenvalue weighted by atomic mass is 9.86. The van der Waals surface area contributed by atoms with Crippen molar-refractivity contribution >= 4 is 26.8 Å². The van der Waals surface area contributed by atoms with E-state index in [1.165, 1.54) is 39.5 Å². The summed E-state index contributed by atoms with van der Waals surface area (Å²) >= 11 is 3.89. The highest BCUT2D eigenvalue weighted by Crippen LogP contribution is 2.38. The van der Waals surface area contributed by atoms with E-state index in [0.29, 0.717) is 5.92 Å². The Bertz CT molecular complexity index is 658. The molecule has 1 aromatic heterocycles. The number of rotatable bonds is 1. The molecule has 1 aliphatic heterocycles. The summed E-state index contributed by atoms with van der Waals surface area (Å²) < 4.78 is 3.67. The first-order chi connectivity index (χ1) is 9.89. The van der Waals surface area contributed by atoms with Crippen LogP contribution in [0.3, 0.4) is 0 Å². The van der Waals surface area contributed by atoms with Crippen molar-refractivity contribution in [2.45, 2.75) is 44.9 Å². The summed E-state index contributed by atoms with van der Waals surface area (Å²) in [4.78, 5) is 0. The van der Waals surface area contributed by atoms with Gasteiger partial charge in [-0.3, -0.25) is 0 Å². The molecule has 2 heterocycles. The van der Waals surface area contributed by atoms with Gasteiger partial charge in [-0.1, -0.05) is 26.8 Å². The lowest BCUT2D eigenvalue weighted by Gasteiger charge is -2.24. The second kappa shape index (κ2) is 5.44. The van der Waals surface area contributed by atoms with Gasteiger partial charge in [0.15, 0.2) is 0 Å². The molecule has 1 unspecified atom stereocenters. The van der Waals surface area contributed by atoms with Gasteiger partial charge in [0.25, 0.3) is 0 Å². The summed E-state index contributed by atoms with van der Waals surface area (Å²) in [6.45, 7) is 9.08. The molecule has 1 fully saturated rings. The molecule has 0 bridgehead atoms. The topological polar surface area (TPSA) is 17.0 Å². The molecule has 0 aliphatic carbocycles. The monoisotopic (exact) mass is 348 g/mol. The second-order valence-corrected chi connectivity index (χ2v) is 8.08. The van der Waals surface area contributed by atoms with Crippen molar-refractivity contribution in [2.75, 3.05) is 13.1 Å². The van der Waals surface area contributed by atoms with Crippen LogP contribution in [0.15, 0.2) is 22.7 Å². The number of aromatic nitrogens is 1. The van der Waals surface area contributed by atoms with Crippen LogP contribution in [0.5, 0.6) is 0 Å². The van der Waals surface area contributed by atoms with Gasteiger partial charge in [0.05, 0.1) is 0 Å². The Labute approximate surface area is 136 Å². The van der Waals surface area contributed by atoms with Crippen LogP contribution in [0.4, 0.5) is 0 Å². The number of aryl methyl sites for hydroxylation is 1. The van der Waals surface area contributed by atoms with Crippen LogP contribution >= 0.6 is 15.9 Å². The van der Waals surface area contributed by atoms with Gasteiger partial charge < -0.3 is 9.88 Å². The molecule has 0 radical (unpaired) electrons. The predicted molar refractivity (Wildman–Crippen MR) is 94.2 cm³/mol. The summed E-state index contributed by atoms with van der Waals surface area (Å²) in [5.41, 5.74) is 4.36. The third-order valence-corrected chi connectivity index (χ3v) is 5.56. The van der Waals surface area contributed by atoms with Crippen molar-refractivity contribution in [1.82, 2.24) is 9.88 Å². The minimum absolute atomic E-state index is 0.191. The molecule has 1 saturated heterocycles. The lowest BCUT2D eigenvalue weighted by molar-refractivity contribution is 0.447. The van der Waals surface area contributed by atoms with E-state index in [1.54, 1.807) is 0 Å². The van der Waals surface area contributed by atoms with Crippen LogP contribution in [0, 0.1) is 0 Å². The summed E-state index contributed by atoms with van der Waals surface area (Å²) in [5, 5.41) is 4.89. The molecular weight excluding hydrogens is 324 g/mol. The van der Waals surface area contributed by atoms with Crippen LogP contribution in [0.1, 0.15) is 50.8 Å². The van der Waals surface area contributed by atoms with E-state index in [0.717, 1.165) is 13.1 Å². The zero-order valence-corrected chi connectivity index (χ0v) is 15.0. The Hall–Kier alpha value is -0.800. The maximum absolute atomic E-state index is 3.89. The van der Waals surface area contributed by atoms with Crippen molar-refractivity contribution in [1.29, 1.82) is 0 Å². The van der Waals surface area contributed by atoms with E-state index in [-0.39, 0.29) is 5.41 Å². The minimum Gasteiger partial charge on any atom is -0.346 e. The summed E-state index contributed by atoms with van der Waals surface area (Å²) in [6, 6.07) is 6.91. The first-order valence-corrected chi connectivity index (χ1v) is 8.68. The van der Waals surface area contributed by atoms with Crippen LogP contribution in [-0.2, 0) is 12.5 Å². The van der Waals surface area contributed by atoms with E-state index in [9.17, 15) is 0 Å². The summed E-state index contributed by atoms with van der Waals surface area (Å²) in [7, 11) is 2.20. The SMILES string of the molecule is Cn1c(C2CCCNC2)c(Br)c2cc(C(C)(C)C)ccc21. The summed E-state index contributed by atoms with van der Waals surface area (Å²) in [5.74, 6) is 0.614. The van der Waals surface area contributed by atoms with Gasteiger partial charge in [0, 0.05) is 40.6 Å². The van der Waals surface area contributed by atoms with Gasteiger partial charge in [-0.2, -0.15) is 0 Å². The Morgan fingerprint density at radius 2 is 2.05 bits per heavy atom. The van der Waals surface area contributed by atoms with Crippen LogP contribution < -0.4 is 5.32 Å². The van der Waals surface area contributed by atoms with E-state index in [1.807, 2.05) is 0 Å². The van der Waals surface area contributed by atoms with Crippen molar-refractivity contribution in [3.05, 3.63) is 33.9 Å². The quantitative estimate of drug-likeness (QED) is 0.789. The van der Waals surface area contributed by atoms with Crippen LogP contribution in [0.25, 0.3) is 10.9 Å². The molecule has 0 saturated carbocycles. The highest BCUT2D eigenvalue weighted by Gasteiger charge is 2.24.